The van der Waals surface area contributed by atoms with Crippen LogP contribution in [0.3, 0.4) is 0 Å². The summed E-state index contributed by atoms with van der Waals surface area (Å²) in [4.78, 5) is 0. The molecule has 5 heteroatoms. The Morgan fingerprint density at radius 3 is 2.88 bits per heavy atom. The van der Waals surface area contributed by atoms with E-state index in [1.807, 2.05) is 6.07 Å². The summed E-state index contributed by atoms with van der Waals surface area (Å²) in [5.41, 5.74) is 0.755. The molecule has 1 atom stereocenters. The lowest BCUT2D eigenvalue weighted by molar-refractivity contribution is 0.0941. The van der Waals surface area contributed by atoms with Gasteiger partial charge in [-0.25, -0.2) is 4.39 Å². The third-order valence-corrected chi connectivity index (χ3v) is 2.08. The van der Waals surface area contributed by atoms with Gasteiger partial charge < -0.3 is 15.5 Å². The molecule has 4 nitrogen and oxygen atoms in total. The number of rotatable bonds is 5. The van der Waals surface area contributed by atoms with Crippen LogP contribution < -0.4 is 5.32 Å². The van der Waals surface area contributed by atoms with Crippen LogP contribution in [-0.2, 0) is 6.54 Å². The molecule has 0 radical (unpaired) electrons. The summed E-state index contributed by atoms with van der Waals surface area (Å²) < 4.78 is 13.3. The summed E-state index contributed by atoms with van der Waals surface area (Å²) in [6.07, 6.45) is -0.859. The molecule has 0 saturated carbocycles. The Morgan fingerprint density at radius 1 is 1.50 bits per heavy atom. The van der Waals surface area contributed by atoms with E-state index in [1.165, 1.54) is 18.2 Å². The highest BCUT2D eigenvalue weighted by molar-refractivity contribution is 5.33. The number of halogens is 1. The fourth-order valence-corrected chi connectivity index (χ4v) is 1.22. The molecule has 3 N–H and O–H groups in total. The molecule has 1 aromatic carbocycles. The molecule has 0 aliphatic carbocycles. The van der Waals surface area contributed by atoms with E-state index in [0.717, 1.165) is 0 Å². The largest absolute Gasteiger partial charge is 0.394 e. The second-order valence-corrected chi connectivity index (χ2v) is 3.39. The zero-order chi connectivity index (χ0) is 12.0. The molecule has 1 unspecified atom stereocenters. The van der Waals surface area contributed by atoms with Gasteiger partial charge in [-0.2, -0.15) is 5.26 Å². The number of hydrogen-bond donors (Lipinski definition) is 3. The van der Waals surface area contributed by atoms with Gasteiger partial charge in [-0.3, -0.25) is 0 Å². The van der Waals surface area contributed by atoms with Crippen molar-refractivity contribution in [2.75, 3.05) is 13.2 Å². The Labute approximate surface area is 93.0 Å². The molecule has 0 spiro atoms. The SMILES string of the molecule is N#Cc1ccc(F)c(CNCC(O)CO)c1. The van der Waals surface area contributed by atoms with Crippen LogP contribution in [0, 0.1) is 17.1 Å². The molecule has 16 heavy (non-hydrogen) atoms. The van der Waals surface area contributed by atoms with Gasteiger partial charge in [-0.05, 0) is 18.2 Å². The quantitative estimate of drug-likeness (QED) is 0.665. The molecular formula is C11H13FN2O2. The summed E-state index contributed by atoms with van der Waals surface area (Å²) in [5.74, 6) is -0.398. The van der Waals surface area contributed by atoms with Gasteiger partial charge in [0.25, 0.3) is 0 Å². The van der Waals surface area contributed by atoms with Crippen LogP contribution >= 0.6 is 0 Å². The number of aliphatic hydroxyl groups excluding tert-OH is 2. The van der Waals surface area contributed by atoms with Gasteiger partial charge in [0.2, 0.25) is 0 Å². The van der Waals surface area contributed by atoms with Crippen molar-refractivity contribution in [2.45, 2.75) is 12.6 Å². The van der Waals surface area contributed by atoms with Crippen LogP contribution in [0.5, 0.6) is 0 Å². The predicted molar refractivity (Wildman–Crippen MR) is 55.9 cm³/mol. The van der Waals surface area contributed by atoms with E-state index in [0.29, 0.717) is 11.1 Å². The first kappa shape index (κ1) is 12.6. The van der Waals surface area contributed by atoms with Crippen LogP contribution in [0.15, 0.2) is 18.2 Å². The third-order valence-electron chi connectivity index (χ3n) is 2.08. The lowest BCUT2D eigenvalue weighted by Gasteiger charge is -2.09. The first-order valence-corrected chi connectivity index (χ1v) is 4.85. The summed E-state index contributed by atoms with van der Waals surface area (Å²) in [6, 6.07) is 6.01. The Morgan fingerprint density at radius 2 is 2.25 bits per heavy atom. The van der Waals surface area contributed by atoms with Gasteiger partial charge in [0.15, 0.2) is 0 Å². The molecule has 1 aromatic rings. The standard InChI is InChI=1S/C11H13FN2O2/c12-11-2-1-8(4-13)3-9(11)5-14-6-10(16)7-15/h1-3,10,14-16H,5-7H2. The minimum Gasteiger partial charge on any atom is -0.394 e. The smallest absolute Gasteiger partial charge is 0.127 e. The minimum absolute atomic E-state index is 0.173. The Bertz CT molecular complexity index is 390. The van der Waals surface area contributed by atoms with Crippen LogP contribution in [0.1, 0.15) is 11.1 Å². The minimum atomic E-state index is -0.859. The predicted octanol–water partition coefficient (Wildman–Crippen LogP) is 0.140. The fraction of sp³-hybridized carbons (Fsp3) is 0.364. The fourth-order valence-electron chi connectivity index (χ4n) is 1.22. The van der Waals surface area contributed by atoms with E-state index < -0.39 is 11.9 Å². The van der Waals surface area contributed by atoms with Crippen molar-refractivity contribution in [1.82, 2.24) is 5.32 Å². The van der Waals surface area contributed by atoms with Crippen LogP contribution in [0.4, 0.5) is 4.39 Å². The highest BCUT2D eigenvalue weighted by Gasteiger charge is 2.05. The first-order valence-electron chi connectivity index (χ1n) is 4.85. The van der Waals surface area contributed by atoms with Crippen molar-refractivity contribution in [2.24, 2.45) is 0 Å². The Kier molecular flexibility index (Phi) is 4.86. The van der Waals surface area contributed by atoms with E-state index in [9.17, 15) is 4.39 Å². The van der Waals surface area contributed by atoms with Crippen molar-refractivity contribution < 1.29 is 14.6 Å². The first-order chi connectivity index (χ1) is 7.67. The van der Waals surface area contributed by atoms with E-state index in [-0.39, 0.29) is 19.7 Å². The summed E-state index contributed by atoms with van der Waals surface area (Å²) in [6.45, 7) is 0.0405. The maximum absolute atomic E-state index is 13.3. The molecular weight excluding hydrogens is 211 g/mol. The lowest BCUT2D eigenvalue weighted by atomic mass is 10.1. The Hall–Kier alpha value is -1.48. The Balaban J connectivity index is 2.56. The molecule has 0 bridgehead atoms. The highest BCUT2D eigenvalue weighted by Crippen LogP contribution is 2.09. The molecule has 0 heterocycles. The normalized spacial score (nSPS) is 12.1. The van der Waals surface area contributed by atoms with Crippen molar-refractivity contribution >= 4 is 0 Å². The van der Waals surface area contributed by atoms with Crippen LogP contribution in [-0.4, -0.2) is 29.5 Å². The van der Waals surface area contributed by atoms with Crippen molar-refractivity contribution in [1.29, 1.82) is 5.26 Å². The zero-order valence-corrected chi connectivity index (χ0v) is 8.65. The number of nitrogens with one attached hydrogen (secondary N) is 1. The molecule has 86 valence electrons. The van der Waals surface area contributed by atoms with Crippen molar-refractivity contribution in [3.8, 4) is 6.07 Å². The molecule has 1 rings (SSSR count). The lowest BCUT2D eigenvalue weighted by Crippen LogP contribution is -2.29. The number of benzene rings is 1. The van der Waals surface area contributed by atoms with Gasteiger partial charge in [0.05, 0.1) is 24.3 Å². The monoisotopic (exact) mass is 224 g/mol. The van der Waals surface area contributed by atoms with Gasteiger partial charge in [0, 0.05) is 18.7 Å². The number of hydrogen-bond acceptors (Lipinski definition) is 4. The number of aliphatic hydroxyl groups is 2. The van der Waals surface area contributed by atoms with Crippen molar-refractivity contribution in [3.63, 3.8) is 0 Å². The maximum Gasteiger partial charge on any atom is 0.127 e. The summed E-state index contributed by atoms with van der Waals surface area (Å²) in [7, 11) is 0. The highest BCUT2D eigenvalue weighted by atomic mass is 19.1. The molecule has 0 saturated heterocycles. The average Bonchev–Trinajstić information content (AvgIpc) is 2.31. The number of nitrogens with zero attached hydrogens (tertiary/aromatic N) is 1. The second kappa shape index (κ2) is 6.18. The molecule has 0 aromatic heterocycles. The van der Waals surface area contributed by atoms with E-state index in [4.69, 9.17) is 15.5 Å². The number of nitriles is 1. The molecule has 0 fully saturated rings. The zero-order valence-electron chi connectivity index (χ0n) is 8.65. The van der Waals surface area contributed by atoms with E-state index in [1.54, 1.807) is 0 Å². The van der Waals surface area contributed by atoms with Crippen LogP contribution in [0.2, 0.25) is 0 Å². The third kappa shape index (κ3) is 3.59. The second-order valence-electron chi connectivity index (χ2n) is 3.39. The molecule has 0 aliphatic heterocycles. The summed E-state index contributed by atoms with van der Waals surface area (Å²) in [5, 5.41) is 29.0. The van der Waals surface area contributed by atoms with Crippen molar-refractivity contribution in [3.05, 3.63) is 35.1 Å². The van der Waals surface area contributed by atoms with E-state index >= 15 is 0 Å². The van der Waals surface area contributed by atoms with E-state index in [2.05, 4.69) is 5.32 Å². The maximum atomic E-state index is 13.3. The molecule has 0 amide bonds. The summed E-state index contributed by atoms with van der Waals surface area (Å²) >= 11 is 0. The average molecular weight is 224 g/mol. The topological polar surface area (TPSA) is 76.3 Å². The van der Waals surface area contributed by atoms with Gasteiger partial charge in [-0.1, -0.05) is 0 Å². The van der Waals surface area contributed by atoms with Gasteiger partial charge in [0.1, 0.15) is 5.82 Å². The molecule has 0 aliphatic rings. The van der Waals surface area contributed by atoms with Gasteiger partial charge in [-0.15, -0.1) is 0 Å². The van der Waals surface area contributed by atoms with Gasteiger partial charge >= 0.3 is 0 Å². The van der Waals surface area contributed by atoms with Crippen LogP contribution in [0.25, 0.3) is 0 Å².